The molecule has 0 fully saturated rings. The van der Waals surface area contributed by atoms with E-state index >= 15 is 0 Å². The van der Waals surface area contributed by atoms with E-state index in [-0.39, 0.29) is 5.91 Å². The Morgan fingerprint density at radius 1 is 1.33 bits per heavy atom. The highest BCUT2D eigenvalue weighted by molar-refractivity contribution is 5.91. The number of hydrogen-bond donors (Lipinski definition) is 1. The number of amides is 1. The normalized spacial score (nSPS) is 14.1. The highest BCUT2D eigenvalue weighted by atomic mass is 16.1. The molecule has 0 radical (unpaired) electrons. The fraction of sp³-hybridized carbons (Fsp3) is 0.667. The third-order valence-electron chi connectivity index (χ3n) is 1.95. The maximum absolute atomic E-state index is 10.9. The smallest absolute Gasteiger partial charge is 0.249 e. The molecule has 0 atom stereocenters. The molecule has 1 amide bonds. The number of carbonyl (C=O) groups is 1. The fourth-order valence-corrected chi connectivity index (χ4v) is 1.38. The van der Waals surface area contributed by atoms with E-state index in [4.69, 9.17) is 5.73 Å². The van der Waals surface area contributed by atoms with Gasteiger partial charge >= 0.3 is 0 Å². The quantitative estimate of drug-likeness (QED) is 0.497. The summed E-state index contributed by atoms with van der Waals surface area (Å²) in [5, 5.41) is 0. The number of nitrogens with two attached hydrogens (primary N) is 1. The molecule has 0 aromatic carbocycles. The zero-order valence-corrected chi connectivity index (χ0v) is 8.64. The summed E-state index contributed by atoms with van der Waals surface area (Å²) in [7, 11) is 6.10. The van der Waals surface area contributed by atoms with Gasteiger partial charge in [0.15, 0.2) is 0 Å². The minimum absolute atomic E-state index is 0.320. The minimum atomic E-state index is -0.320. The Balaban J connectivity index is 5.01. The lowest BCUT2D eigenvalue weighted by Crippen LogP contribution is -2.35. The third kappa shape index (κ3) is 2.66. The summed E-state index contributed by atoms with van der Waals surface area (Å²) >= 11 is 0. The lowest BCUT2D eigenvalue weighted by molar-refractivity contribution is -0.833. The van der Waals surface area contributed by atoms with Gasteiger partial charge in [-0.3, -0.25) is 4.79 Å². The molecule has 0 aliphatic rings. The van der Waals surface area contributed by atoms with Crippen LogP contribution in [0.5, 0.6) is 0 Å². The standard InChI is InChI=1S/C9H18N2O/c1-6-8(11(3,4)5)7(2)9(10)12/h6H2,1-5H3,(H-,10,12)/p+1/b8-7+. The highest BCUT2D eigenvalue weighted by Crippen LogP contribution is 2.16. The van der Waals surface area contributed by atoms with E-state index in [2.05, 4.69) is 0 Å². The van der Waals surface area contributed by atoms with Gasteiger partial charge in [-0.05, 0) is 6.92 Å². The van der Waals surface area contributed by atoms with Crippen molar-refractivity contribution >= 4 is 5.91 Å². The molecule has 0 aromatic rings. The second-order valence-corrected chi connectivity index (χ2v) is 3.80. The summed E-state index contributed by atoms with van der Waals surface area (Å²) in [5.74, 6) is -0.320. The van der Waals surface area contributed by atoms with Crippen molar-refractivity contribution in [2.45, 2.75) is 20.3 Å². The van der Waals surface area contributed by atoms with Crippen molar-refractivity contribution in [3.8, 4) is 0 Å². The summed E-state index contributed by atoms with van der Waals surface area (Å²) in [5.41, 5.74) is 6.97. The molecule has 0 saturated carbocycles. The third-order valence-corrected chi connectivity index (χ3v) is 1.95. The first-order chi connectivity index (χ1) is 5.30. The van der Waals surface area contributed by atoms with Crippen molar-refractivity contribution < 1.29 is 9.28 Å². The van der Waals surface area contributed by atoms with Gasteiger partial charge in [0, 0.05) is 6.42 Å². The highest BCUT2D eigenvalue weighted by Gasteiger charge is 2.19. The number of quaternary nitrogens is 1. The SMILES string of the molecule is CC/C(=C(/C)C(N)=O)[N+](C)(C)C. The number of rotatable bonds is 3. The molecular formula is C9H19N2O+. The van der Waals surface area contributed by atoms with Gasteiger partial charge in [0.2, 0.25) is 5.91 Å². The Hall–Kier alpha value is -0.830. The maximum atomic E-state index is 10.9. The molecule has 0 unspecified atom stereocenters. The van der Waals surface area contributed by atoms with Crippen molar-refractivity contribution in [3.05, 3.63) is 11.3 Å². The first kappa shape index (κ1) is 11.2. The van der Waals surface area contributed by atoms with Crippen molar-refractivity contribution in [1.82, 2.24) is 0 Å². The number of nitrogens with zero attached hydrogens (tertiary/aromatic N) is 1. The van der Waals surface area contributed by atoms with Crippen LogP contribution in [0.4, 0.5) is 0 Å². The molecule has 0 aromatic heterocycles. The van der Waals surface area contributed by atoms with E-state index in [9.17, 15) is 4.79 Å². The van der Waals surface area contributed by atoms with E-state index in [0.29, 0.717) is 10.1 Å². The van der Waals surface area contributed by atoms with Gasteiger partial charge in [0.1, 0.15) is 5.70 Å². The van der Waals surface area contributed by atoms with E-state index in [1.807, 2.05) is 28.1 Å². The topological polar surface area (TPSA) is 43.1 Å². The van der Waals surface area contributed by atoms with Crippen molar-refractivity contribution in [2.75, 3.05) is 21.1 Å². The molecule has 0 spiro atoms. The van der Waals surface area contributed by atoms with Crippen LogP contribution in [0.2, 0.25) is 0 Å². The summed E-state index contributed by atoms with van der Waals surface area (Å²) in [4.78, 5) is 10.9. The number of allylic oxidation sites excluding steroid dienone is 1. The van der Waals surface area contributed by atoms with Crippen LogP contribution in [0, 0.1) is 0 Å². The molecule has 0 saturated heterocycles. The van der Waals surface area contributed by atoms with Gasteiger partial charge in [-0.1, -0.05) is 6.92 Å². The van der Waals surface area contributed by atoms with Crippen LogP contribution >= 0.6 is 0 Å². The van der Waals surface area contributed by atoms with Crippen LogP contribution in [-0.2, 0) is 4.79 Å². The Bertz CT molecular complexity index is 211. The monoisotopic (exact) mass is 171 g/mol. The van der Waals surface area contributed by atoms with Crippen molar-refractivity contribution in [1.29, 1.82) is 0 Å². The zero-order valence-electron chi connectivity index (χ0n) is 8.64. The van der Waals surface area contributed by atoms with Gasteiger partial charge in [-0.2, -0.15) is 0 Å². The minimum Gasteiger partial charge on any atom is -0.366 e. The van der Waals surface area contributed by atoms with E-state index in [1.54, 1.807) is 6.92 Å². The lowest BCUT2D eigenvalue weighted by Gasteiger charge is -2.27. The molecular weight excluding hydrogens is 152 g/mol. The Morgan fingerprint density at radius 2 is 1.75 bits per heavy atom. The van der Waals surface area contributed by atoms with Crippen LogP contribution < -0.4 is 5.73 Å². The first-order valence-corrected chi connectivity index (χ1v) is 4.12. The van der Waals surface area contributed by atoms with E-state index < -0.39 is 0 Å². The zero-order chi connectivity index (χ0) is 9.94. The van der Waals surface area contributed by atoms with Crippen LogP contribution in [0.1, 0.15) is 20.3 Å². The summed E-state index contributed by atoms with van der Waals surface area (Å²) in [6, 6.07) is 0. The van der Waals surface area contributed by atoms with E-state index in [0.717, 1.165) is 12.1 Å². The van der Waals surface area contributed by atoms with Crippen molar-refractivity contribution in [3.63, 3.8) is 0 Å². The van der Waals surface area contributed by atoms with Crippen LogP contribution in [0.25, 0.3) is 0 Å². The fourth-order valence-electron chi connectivity index (χ4n) is 1.38. The lowest BCUT2D eigenvalue weighted by atomic mass is 10.1. The average molecular weight is 171 g/mol. The van der Waals surface area contributed by atoms with Crippen molar-refractivity contribution in [2.24, 2.45) is 5.73 Å². The molecule has 0 rings (SSSR count). The van der Waals surface area contributed by atoms with Gasteiger partial charge < -0.3 is 10.2 Å². The molecule has 12 heavy (non-hydrogen) atoms. The molecule has 0 heterocycles. The molecule has 70 valence electrons. The predicted molar refractivity (Wildman–Crippen MR) is 50.2 cm³/mol. The first-order valence-electron chi connectivity index (χ1n) is 4.12. The van der Waals surface area contributed by atoms with Gasteiger partial charge in [-0.15, -0.1) is 0 Å². The predicted octanol–water partition coefficient (Wildman–Crippen LogP) is 0.862. The maximum Gasteiger partial charge on any atom is 0.249 e. The average Bonchev–Trinajstić information content (AvgIpc) is 1.85. The summed E-state index contributed by atoms with van der Waals surface area (Å²) < 4.78 is 0.672. The Morgan fingerprint density at radius 3 is 1.83 bits per heavy atom. The molecule has 0 aliphatic heterocycles. The molecule has 0 aliphatic carbocycles. The van der Waals surface area contributed by atoms with E-state index in [1.165, 1.54) is 0 Å². The number of carbonyl (C=O) groups excluding carboxylic acids is 1. The van der Waals surface area contributed by atoms with Crippen LogP contribution in [-0.4, -0.2) is 31.5 Å². The molecule has 2 N–H and O–H groups in total. The summed E-state index contributed by atoms with van der Waals surface area (Å²) in [6.07, 6.45) is 0.859. The summed E-state index contributed by atoms with van der Waals surface area (Å²) in [6.45, 7) is 3.82. The van der Waals surface area contributed by atoms with Gasteiger partial charge in [-0.25, -0.2) is 0 Å². The van der Waals surface area contributed by atoms with Gasteiger partial charge in [0.25, 0.3) is 0 Å². The van der Waals surface area contributed by atoms with Crippen LogP contribution in [0.3, 0.4) is 0 Å². The Kier molecular flexibility index (Phi) is 3.46. The van der Waals surface area contributed by atoms with Gasteiger partial charge in [0.05, 0.1) is 26.7 Å². The Labute approximate surface area is 74.4 Å². The molecule has 3 nitrogen and oxygen atoms in total. The largest absolute Gasteiger partial charge is 0.366 e. The second-order valence-electron chi connectivity index (χ2n) is 3.80. The second kappa shape index (κ2) is 3.72. The molecule has 3 heteroatoms. The van der Waals surface area contributed by atoms with Crippen LogP contribution in [0.15, 0.2) is 11.3 Å². The number of primary amides is 1. The molecule has 0 bridgehead atoms. The number of hydrogen-bond acceptors (Lipinski definition) is 1.